The fraction of sp³-hybridized carbons (Fsp3) is 0.513. The molecule has 14 heteroatoms. The fourth-order valence-electron chi connectivity index (χ4n) is 5.85. The van der Waals surface area contributed by atoms with Gasteiger partial charge >= 0.3 is 13.7 Å². The van der Waals surface area contributed by atoms with Crippen molar-refractivity contribution in [1.82, 2.24) is 5.09 Å². The van der Waals surface area contributed by atoms with Gasteiger partial charge in [-0.1, -0.05) is 109 Å². The van der Waals surface area contributed by atoms with Gasteiger partial charge in [0.25, 0.3) is 0 Å². The first-order valence-electron chi connectivity index (χ1n) is 18.3. The Labute approximate surface area is 307 Å². The molecule has 3 rings (SSSR count). The summed E-state index contributed by atoms with van der Waals surface area (Å²) in [4.78, 5) is 13.8. The fourth-order valence-corrected chi connectivity index (χ4v) is 7.37. The molecule has 0 aliphatic rings. The molecule has 294 valence electrons. The zero-order chi connectivity index (χ0) is 38.8. The average molecular weight is 776 g/mol. The molecule has 0 aliphatic heterocycles. The van der Waals surface area contributed by atoms with Gasteiger partial charge in [0.2, 0.25) is 34.8 Å². The minimum Gasteiger partial charge on any atom is -0.464 e. The zero-order valence-corrected chi connectivity index (χ0v) is 31.1. The topological polar surface area (TPSA) is 73.9 Å². The number of nitrogens with one attached hydrogen (secondary N) is 1. The van der Waals surface area contributed by atoms with Crippen LogP contribution in [0.5, 0.6) is 11.5 Å². The van der Waals surface area contributed by atoms with Gasteiger partial charge in [-0.05, 0) is 55.0 Å². The Morgan fingerprint density at radius 3 is 1.68 bits per heavy atom. The number of hydrogen-bond acceptors (Lipinski definition) is 5. The summed E-state index contributed by atoms with van der Waals surface area (Å²) in [5.74, 6) is -17.4. The lowest BCUT2D eigenvalue weighted by atomic mass is 9.94. The largest absolute Gasteiger partial charge is 0.513 e. The van der Waals surface area contributed by atoms with E-state index in [1.807, 2.05) is 0 Å². The molecule has 2 atom stereocenters. The molecule has 6 nitrogen and oxygen atoms in total. The van der Waals surface area contributed by atoms with E-state index in [-0.39, 0.29) is 23.8 Å². The number of halogens is 7. The maximum absolute atomic E-state index is 14.8. The average Bonchev–Trinajstić information content (AvgIpc) is 3.12. The second-order valence-electron chi connectivity index (χ2n) is 13.2. The van der Waals surface area contributed by atoms with Crippen LogP contribution in [0.25, 0.3) is 0 Å². The Bertz CT molecular complexity index is 1570. The van der Waals surface area contributed by atoms with Gasteiger partial charge in [-0.25, -0.2) is 26.5 Å². The van der Waals surface area contributed by atoms with Gasteiger partial charge in [0, 0.05) is 6.07 Å². The van der Waals surface area contributed by atoms with E-state index >= 15 is 0 Å². The summed E-state index contributed by atoms with van der Waals surface area (Å²) in [6, 6.07) is 7.48. The smallest absolute Gasteiger partial charge is 0.464 e. The maximum atomic E-state index is 14.8. The van der Waals surface area contributed by atoms with Crippen molar-refractivity contribution in [3.8, 4) is 11.5 Å². The molecular formula is C39H49F7NO5P. The van der Waals surface area contributed by atoms with Gasteiger partial charge in [0.15, 0.2) is 0 Å². The van der Waals surface area contributed by atoms with Crippen LogP contribution in [0.3, 0.4) is 0 Å². The summed E-state index contributed by atoms with van der Waals surface area (Å²) in [6.45, 7) is 4.21. The van der Waals surface area contributed by atoms with Gasteiger partial charge in [-0.15, -0.1) is 0 Å². The van der Waals surface area contributed by atoms with Crippen LogP contribution in [-0.2, 0) is 20.5 Å². The predicted octanol–water partition coefficient (Wildman–Crippen LogP) is 12.1. The Morgan fingerprint density at radius 2 is 1.15 bits per heavy atom. The molecule has 0 aliphatic carbocycles. The first-order chi connectivity index (χ1) is 25.4. The number of ether oxygens (including phenoxy) is 1. The quantitative estimate of drug-likeness (QED) is 0.0231. The van der Waals surface area contributed by atoms with E-state index in [0.29, 0.717) is 6.07 Å². The summed E-state index contributed by atoms with van der Waals surface area (Å²) >= 11 is 0. The highest BCUT2D eigenvalue weighted by molar-refractivity contribution is 7.52. The van der Waals surface area contributed by atoms with Crippen molar-refractivity contribution in [2.24, 2.45) is 5.92 Å². The SMILES string of the molecule is CCCCCCCCC(CCCCCCCC)COC(=O)[C@H](Cc1cc(F)cc(F)c1)NP(=O)(Oc1ccccc1)Oc1c(F)c(F)c(F)c(F)c1F. The van der Waals surface area contributed by atoms with Gasteiger partial charge in [-0.2, -0.15) is 13.9 Å². The minimum absolute atomic E-state index is 0.0412. The van der Waals surface area contributed by atoms with Crippen molar-refractivity contribution in [3.05, 3.63) is 94.8 Å². The van der Waals surface area contributed by atoms with Crippen molar-refractivity contribution in [1.29, 1.82) is 0 Å². The van der Waals surface area contributed by atoms with E-state index in [4.69, 9.17) is 13.8 Å². The zero-order valence-electron chi connectivity index (χ0n) is 30.2. The number of unbranched alkanes of at least 4 members (excludes halogenated alkanes) is 10. The number of esters is 1. The Kier molecular flexibility index (Phi) is 18.7. The van der Waals surface area contributed by atoms with Crippen LogP contribution in [0.4, 0.5) is 30.7 Å². The van der Waals surface area contributed by atoms with Crippen LogP contribution < -0.4 is 14.1 Å². The number of benzene rings is 3. The molecule has 0 saturated carbocycles. The molecular weight excluding hydrogens is 726 g/mol. The molecule has 0 spiro atoms. The van der Waals surface area contributed by atoms with Crippen molar-refractivity contribution in [2.45, 2.75) is 116 Å². The molecule has 1 unspecified atom stereocenters. The summed E-state index contributed by atoms with van der Waals surface area (Å²) in [7, 11) is -5.33. The number of carbonyl (C=O) groups excluding carboxylic acids is 1. The van der Waals surface area contributed by atoms with E-state index in [0.717, 1.165) is 102 Å². The lowest BCUT2D eigenvalue weighted by Gasteiger charge is -2.26. The van der Waals surface area contributed by atoms with Crippen LogP contribution in [0.15, 0.2) is 48.5 Å². The van der Waals surface area contributed by atoms with Crippen LogP contribution in [0.1, 0.15) is 109 Å². The molecule has 0 fully saturated rings. The third-order valence-electron chi connectivity index (χ3n) is 8.70. The van der Waals surface area contributed by atoms with Crippen LogP contribution in [0.2, 0.25) is 0 Å². The van der Waals surface area contributed by atoms with E-state index in [2.05, 4.69) is 18.9 Å². The summed E-state index contributed by atoms with van der Waals surface area (Å²) in [5.41, 5.74) is -0.116. The normalized spacial score (nSPS) is 13.2. The van der Waals surface area contributed by atoms with E-state index < -0.39 is 72.6 Å². The first-order valence-corrected chi connectivity index (χ1v) is 19.9. The van der Waals surface area contributed by atoms with Crippen LogP contribution in [0, 0.1) is 46.6 Å². The molecule has 3 aromatic rings. The lowest BCUT2D eigenvalue weighted by molar-refractivity contribution is -0.147. The second kappa shape index (κ2) is 22.6. The maximum Gasteiger partial charge on any atom is 0.513 e. The predicted molar refractivity (Wildman–Crippen MR) is 189 cm³/mol. The molecule has 0 heterocycles. The number of para-hydroxylation sites is 1. The van der Waals surface area contributed by atoms with E-state index in [9.17, 15) is 40.1 Å². The summed E-state index contributed by atoms with van der Waals surface area (Å²) < 4.78 is 130. The molecule has 1 N–H and O–H groups in total. The minimum atomic E-state index is -5.33. The van der Waals surface area contributed by atoms with Crippen molar-refractivity contribution in [2.75, 3.05) is 6.61 Å². The van der Waals surface area contributed by atoms with Gasteiger partial charge in [0.1, 0.15) is 23.4 Å². The number of rotatable bonds is 25. The Balaban J connectivity index is 1.91. The van der Waals surface area contributed by atoms with Crippen molar-refractivity contribution in [3.63, 3.8) is 0 Å². The van der Waals surface area contributed by atoms with E-state index in [1.165, 1.54) is 24.3 Å². The van der Waals surface area contributed by atoms with Gasteiger partial charge < -0.3 is 13.8 Å². The lowest BCUT2D eigenvalue weighted by Crippen LogP contribution is -2.40. The van der Waals surface area contributed by atoms with Gasteiger partial charge in [-0.3, -0.25) is 4.79 Å². The third-order valence-corrected chi connectivity index (χ3v) is 10.2. The number of carbonyl (C=O) groups is 1. The van der Waals surface area contributed by atoms with Crippen LogP contribution in [-0.4, -0.2) is 18.6 Å². The highest BCUT2D eigenvalue weighted by Gasteiger charge is 2.40. The van der Waals surface area contributed by atoms with Gasteiger partial charge in [0.05, 0.1) is 6.61 Å². The molecule has 0 saturated heterocycles. The molecule has 53 heavy (non-hydrogen) atoms. The molecule has 0 radical (unpaired) electrons. The molecule has 0 aromatic heterocycles. The second-order valence-corrected chi connectivity index (χ2v) is 14.8. The van der Waals surface area contributed by atoms with Crippen molar-refractivity contribution < 1.29 is 53.9 Å². The molecule has 0 bridgehead atoms. The third kappa shape index (κ3) is 14.6. The Hall–Kier alpha value is -3.57. The standard InChI is InChI=1S/C39H49F7NO5P/c1-3-5-7-9-11-14-18-27(19-15-12-10-8-6-4-2)26-50-39(48)32(24-28-22-29(40)25-30(41)23-28)47-53(49,51-31-20-16-13-17-21-31)52-38-36(45)34(43)33(42)35(44)37(38)46/h13,16-17,20-23,25,27,32H,3-12,14-15,18-19,24,26H2,1-2H3,(H,47,49)/t32-,53?/m0/s1. The highest BCUT2D eigenvalue weighted by Crippen LogP contribution is 2.48. The molecule has 0 amide bonds. The van der Waals surface area contributed by atoms with Crippen LogP contribution >= 0.6 is 7.75 Å². The number of hydrogen-bond donors (Lipinski definition) is 1. The summed E-state index contributed by atoms with van der Waals surface area (Å²) in [6.07, 6.45) is 13.7. The highest BCUT2D eigenvalue weighted by atomic mass is 31.2. The Morgan fingerprint density at radius 1 is 0.660 bits per heavy atom. The monoisotopic (exact) mass is 775 g/mol. The summed E-state index contributed by atoms with van der Waals surface area (Å²) in [5, 5.41) is 2.21. The first kappa shape index (κ1) is 43.8. The van der Waals surface area contributed by atoms with Crippen molar-refractivity contribution >= 4 is 13.7 Å². The van der Waals surface area contributed by atoms with E-state index in [1.54, 1.807) is 6.07 Å². The molecule has 3 aromatic carbocycles.